The first kappa shape index (κ1) is 16.4. The first-order valence-corrected chi connectivity index (χ1v) is 8.15. The number of para-hydroxylation sites is 1. The van der Waals surface area contributed by atoms with Crippen molar-refractivity contribution in [2.75, 3.05) is 11.8 Å². The highest BCUT2D eigenvalue weighted by molar-refractivity contribution is 7.94. The lowest BCUT2D eigenvalue weighted by atomic mass is 10.3. The van der Waals surface area contributed by atoms with Gasteiger partial charge in [-0.1, -0.05) is 12.1 Å². The van der Waals surface area contributed by atoms with Gasteiger partial charge in [-0.05, 0) is 19.1 Å². The Morgan fingerprint density at radius 3 is 2.30 bits per heavy atom. The maximum Gasteiger partial charge on any atom is 0.334 e. The summed E-state index contributed by atoms with van der Waals surface area (Å²) in [6, 6.07) is 4.51. The molecule has 0 heterocycles. The topological polar surface area (TPSA) is 107 Å². The van der Waals surface area contributed by atoms with E-state index in [1.54, 1.807) is 0 Å². The first-order valence-electron chi connectivity index (χ1n) is 5.22. The minimum absolute atomic E-state index is 0.481. The molecule has 0 saturated heterocycles. The Hall–Kier alpha value is -1.68. The van der Waals surface area contributed by atoms with Gasteiger partial charge in [0.05, 0.1) is 12.8 Å². The van der Waals surface area contributed by atoms with Gasteiger partial charge in [0.2, 0.25) is 10.0 Å². The number of anilines is 1. The van der Waals surface area contributed by atoms with Crippen molar-refractivity contribution in [1.82, 2.24) is 0 Å². The maximum absolute atomic E-state index is 13.0. The highest BCUT2D eigenvalue weighted by Crippen LogP contribution is 2.24. The van der Waals surface area contributed by atoms with Crippen molar-refractivity contribution >= 4 is 31.9 Å². The largest absolute Gasteiger partial charge is 0.468 e. The van der Waals surface area contributed by atoms with E-state index in [9.17, 15) is 25.5 Å². The summed E-state index contributed by atoms with van der Waals surface area (Å²) in [5.74, 6) is -1.03. The molecule has 0 aliphatic heterocycles. The normalized spacial score (nSPS) is 13.6. The Bertz CT molecular complexity index is 713. The second-order valence-corrected chi connectivity index (χ2v) is 7.06. The smallest absolute Gasteiger partial charge is 0.334 e. The molecule has 10 heteroatoms. The predicted octanol–water partition coefficient (Wildman–Crippen LogP) is 0.648. The van der Waals surface area contributed by atoms with Gasteiger partial charge in [-0.15, -0.1) is 3.89 Å². The minimum Gasteiger partial charge on any atom is -0.468 e. The predicted molar refractivity (Wildman–Crippen MR) is 68.8 cm³/mol. The summed E-state index contributed by atoms with van der Waals surface area (Å²) in [4.78, 5) is 10.4. The average Bonchev–Trinajstić information content (AvgIpc) is 2.35. The molecular weight excluding hydrogens is 313 g/mol. The summed E-state index contributed by atoms with van der Waals surface area (Å²) in [5, 5.41) is -1.58. The zero-order chi connectivity index (χ0) is 15.6. The number of benzene rings is 1. The number of ether oxygens (including phenoxy) is 1. The molecule has 0 aliphatic rings. The fraction of sp³-hybridized carbons (Fsp3) is 0.300. The van der Waals surface area contributed by atoms with E-state index in [1.807, 2.05) is 4.72 Å². The molecule has 112 valence electrons. The van der Waals surface area contributed by atoms with Crippen LogP contribution >= 0.6 is 0 Å². The highest BCUT2D eigenvalue weighted by Gasteiger charge is 2.30. The van der Waals surface area contributed by atoms with Crippen LogP contribution in [-0.2, 0) is 29.8 Å². The van der Waals surface area contributed by atoms with Crippen LogP contribution in [0.1, 0.15) is 6.92 Å². The van der Waals surface area contributed by atoms with E-state index < -0.39 is 42.0 Å². The molecule has 20 heavy (non-hydrogen) atoms. The molecule has 0 fully saturated rings. The summed E-state index contributed by atoms with van der Waals surface area (Å²) in [7, 11) is -8.36. The fourth-order valence-corrected chi connectivity index (χ4v) is 3.00. The van der Waals surface area contributed by atoms with E-state index in [-0.39, 0.29) is 0 Å². The first-order chi connectivity index (χ1) is 9.09. The number of nitrogens with one attached hydrogen (secondary N) is 1. The maximum atomic E-state index is 13.0. The van der Waals surface area contributed by atoms with Crippen LogP contribution in [0.3, 0.4) is 0 Å². The SMILES string of the molecule is COC(=O)C(C)S(=O)(=O)Nc1ccccc1S(=O)(=O)F. The van der Waals surface area contributed by atoms with Crippen molar-refractivity contribution in [2.24, 2.45) is 0 Å². The van der Waals surface area contributed by atoms with Gasteiger partial charge in [0.1, 0.15) is 4.90 Å². The molecule has 0 spiro atoms. The summed E-state index contributed by atoms with van der Waals surface area (Å²) >= 11 is 0. The van der Waals surface area contributed by atoms with Crippen LogP contribution in [0.5, 0.6) is 0 Å². The van der Waals surface area contributed by atoms with E-state index in [0.717, 1.165) is 26.2 Å². The Balaban J connectivity index is 3.21. The third-order valence-corrected chi connectivity index (χ3v) is 4.91. The summed E-state index contributed by atoms with van der Waals surface area (Å²) in [6.07, 6.45) is 0. The summed E-state index contributed by atoms with van der Waals surface area (Å²) in [5.41, 5.74) is -0.481. The van der Waals surface area contributed by atoms with E-state index in [1.165, 1.54) is 12.1 Å². The molecule has 1 aromatic carbocycles. The third kappa shape index (κ3) is 3.67. The van der Waals surface area contributed by atoms with Crippen molar-refractivity contribution in [3.63, 3.8) is 0 Å². The molecule has 1 aromatic rings. The summed E-state index contributed by atoms with van der Waals surface area (Å²) < 4.78 is 64.7. The van der Waals surface area contributed by atoms with Gasteiger partial charge in [-0.2, -0.15) is 8.42 Å². The van der Waals surface area contributed by atoms with Crippen LogP contribution in [0.2, 0.25) is 0 Å². The monoisotopic (exact) mass is 325 g/mol. The van der Waals surface area contributed by atoms with E-state index in [4.69, 9.17) is 0 Å². The molecular formula is C10H12FNO6S2. The van der Waals surface area contributed by atoms with Crippen LogP contribution in [0, 0.1) is 0 Å². The molecule has 0 amide bonds. The second kappa shape index (κ2) is 5.75. The Kier molecular flexibility index (Phi) is 4.71. The van der Waals surface area contributed by atoms with Crippen molar-refractivity contribution in [2.45, 2.75) is 17.1 Å². The van der Waals surface area contributed by atoms with Crippen molar-refractivity contribution in [1.29, 1.82) is 0 Å². The number of rotatable bonds is 5. The van der Waals surface area contributed by atoms with Crippen LogP contribution in [-0.4, -0.2) is 35.2 Å². The Morgan fingerprint density at radius 1 is 1.25 bits per heavy atom. The molecule has 1 rings (SSSR count). The molecule has 1 N–H and O–H groups in total. The standard InChI is InChI=1S/C10H12FNO6S2/c1-7(10(13)18-2)20(16,17)12-8-5-3-4-6-9(8)19(11,14)15/h3-7,12H,1-2H3. The second-order valence-electron chi connectivity index (χ2n) is 3.75. The van der Waals surface area contributed by atoms with Gasteiger partial charge in [-0.25, -0.2) is 8.42 Å². The van der Waals surface area contributed by atoms with Gasteiger partial charge in [-0.3, -0.25) is 9.52 Å². The highest BCUT2D eigenvalue weighted by atomic mass is 32.3. The van der Waals surface area contributed by atoms with Gasteiger partial charge in [0.25, 0.3) is 0 Å². The van der Waals surface area contributed by atoms with Gasteiger partial charge >= 0.3 is 16.2 Å². The number of hydrogen-bond acceptors (Lipinski definition) is 6. The minimum atomic E-state index is -5.10. The van der Waals surface area contributed by atoms with Crippen LogP contribution in [0.25, 0.3) is 0 Å². The Labute approximate surface area is 116 Å². The van der Waals surface area contributed by atoms with E-state index >= 15 is 0 Å². The molecule has 0 radical (unpaired) electrons. The molecule has 0 aromatic heterocycles. The average molecular weight is 325 g/mol. The van der Waals surface area contributed by atoms with Crippen molar-refractivity contribution < 1.29 is 30.3 Å². The van der Waals surface area contributed by atoms with Gasteiger partial charge in [0, 0.05) is 0 Å². The number of sulfonamides is 1. The van der Waals surface area contributed by atoms with Crippen LogP contribution < -0.4 is 4.72 Å². The van der Waals surface area contributed by atoms with Gasteiger partial charge < -0.3 is 4.74 Å². The molecule has 1 unspecified atom stereocenters. The van der Waals surface area contributed by atoms with E-state index in [2.05, 4.69) is 4.74 Å². The Morgan fingerprint density at radius 2 is 1.80 bits per heavy atom. The number of halogens is 1. The molecule has 0 saturated carbocycles. The zero-order valence-electron chi connectivity index (χ0n) is 10.5. The number of hydrogen-bond donors (Lipinski definition) is 1. The number of carbonyl (C=O) groups is 1. The number of methoxy groups -OCH3 is 1. The molecule has 7 nitrogen and oxygen atoms in total. The quantitative estimate of drug-likeness (QED) is 0.629. The van der Waals surface area contributed by atoms with Gasteiger partial charge in [0.15, 0.2) is 5.25 Å². The fourth-order valence-electron chi connectivity index (χ4n) is 1.30. The van der Waals surface area contributed by atoms with Crippen LogP contribution in [0.4, 0.5) is 9.57 Å². The zero-order valence-corrected chi connectivity index (χ0v) is 12.2. The lowest BCUT2D eigenvalue weighted by Crippen LogP contribution is -2.33. The third-order valence-electron chi connectivity index (χ3n) is 2.40. The number of carbonyl (C=O) groups excluding carboxylic acids is 1. The van der Waals surface area contributed by atoms with Crippen LogP contribution in [0.15, 0.2) is 29.2 Å². The lowest BCUT2D eigenvalue weighted by molar-refractivity contribution is -0.139. The van der Waals surface area contributed by atoms with E-state index in [0.29, 0.717) is 0 Å². The molecule has 0 aliphatic carbocycles. The lowest BCUT2D eigenvalue weighted by Gasteiger charge is -2.14. The summed E-state index contributed by atoms with van der Waals surface area (Å²) in [6.45, 7) is 1.06. The van der Waals surface area contributed by atoms with Crippen molar-refractivity contribution in [3.05, 3.63) is 24.3 Å². The number of esters is 1. The van der Waals surface area contributed by atoms with Crippen molar-refractivity contribution in [3.8, 4) is 0 Å². The molecule has 0 bridgehead atoms. The molecule has 1 atom stereocenters.